The zero-order chi connectivity index (χ0) is 14.5. The van der Waals surface area contributed by atoms with Crippen LogP contribution in [0.5, 0.6) is 0 Å². The number of carbonyl (C=O) groups excluding carboxylic acids is 1. The molecule has 0 atom stereocenters. The molecule has 7 nitrogen and oxygen atoms in total. The molecule has 0 spiro atoms. The minimum Gasteiger partial charge on any atom is -0.340 e. The lowest BCUT2D eigenvalue weighted by Crippen LogP contribution is -2.38. The summed E-state index contributed by atoms with van der Waals surface area (Å²) in [4.78, 5) is 16.4. The van der Waals surface area contributed by atoms with Crippen LogP contribution in [0.4, 0.5) is 0 Å². The van der Waals surface area contributed by atoms with Gasteiger partial charge < -0.3 is 15.5 Å². The number of carbonyl (C=O) groups is 1. The van der Waals surface area contributed by atoms with Crippen molar-refractivity contribution in [2.24, 2.45) is 11.7 Å². The van der Waals surface area contributed by atoms with E-state index in [9.17, 15) is 4.79 Å². The number of hydrogen-bond donors (Lipinski definition) is 1. The molecule has 1 aromatic heterocycles. The van der Waals surface area contributed by atoms with E-state index < -0.39 is 0 Å². The van der Waals surface area contributed by atoms with E-state index in [0.717, 1.165) is 32.5 Å². The Morgan fingerprint density at radius 3 is 2.85 bits per heavy atom. The van der Waals surface area contributed by atoms with Crippen molar-refractivity contribution < 1.29 is 4.79 Å². The smallest absolute Gasteiger partial charge is 0.275 e. The molecule has 7 heteroatoms. The Labute approximate surface area is 119 Å². The van der Waals surface area contributed by atoms with Crippen LogP contribution in [-0.4, -0.2) is 71.0 Å². The molecule has 2 N–H and O–H groups in total. The molecule has 1 aromatic rings. The van der Waals surface area contributed by atoms with Gasteiger partial charge in [0.25, 0.3) is 5.91 Å². The summed E-state index contributed by atoms with van der Waals surface area (Å²) >= 11 is 0. The lowest BCUT2D eigenvalue weighted by Gasteiger charge is -2.31. The molecule has 2 heterocycles. The van der Waals surface area contributed by atoms with Gasteiger partial charge in [-0.1, -0.05) is 5.21 Å². The summed E-state index contributed by atoms with van der Waals surface area (Å²) in [5, 5.41) is 7.82. The number of nitrogens with two attached hydrogens (primary N) is 1. The van der Waals surface area contributed by atoms with Gasteiger partial charge in [-0.05, 0) is 38.9 Å². The molecule has 1 aliphatic heterocycles. The SMILES string of the molecule is CN1CCC(CN(C)C(=O)c2cn(CCN)nn2)CC1. The van der Waals surface area contributed by atoms with E-state index in [2.05, 4.69) is 22.3 Å². The van der Waals surface area contributed by atoms with E-state index in [-0.39, 0.29) is 5.91 Å². The van der Waals surface area contributed by atoms with E-state index >= 15 is 0 Å². The second kappa shape index (κ2) is 6.81. The highest BCUT2D eigenvalue weighted by Crippen LogP contribution is 2.17. The fourth-order valence-electron chi connectivity index (χ4n) is 2.55. The van der Waals surface area contributed by atoms with Gasteiger partial charge in [0.1, 0.15) is 0 Å². The number of amides is 1. The summed E-state index contributed by atoms with van der Waals surface area (Å²) in [6.07, 6.45) is 3.96. The van der Waals surface area contributed by atoms with E-state index in [1.54, 1.807) is 15.8 Å². The van der Waals surface area contributed by atoms with Crippen LogP contribution in [0.3, 0.4) is 0 Å². The minimum absolute atomic E-state index is 0.0628. The number of hydrogen-bond acceptors (Lipinski definition) is 5. The summed E-state index contributed by atoms with van der Waals surface area (Å²) in [5.41, 5.74) is 5.85. The average molecular weight is 280 g/mol. The molecule has 0 unspecified atom stereocenters. The largest absolute Gasteiger partial charge is 0.340 e. The van der Waals surface area contributed by atoms with E-state index in [4.69, 9.17) is 5.73 Å². The maximum Gasteiger partial charge on any atom is 0.275 e. The summed E-state index contributed by atoms with van der Waals surface area (Å²) in [7, 11) is 3.98. The first kappa shape index (κ1) is 14.9. The molecule has 0 aliphatic carbocycles. The first-order valence-electron chi connectivity index (χ1n) is 7.14. The third-order valence-corrected chi connectivity index (χ3v) is 3.83. The molecule has 1 fully saturated rings. The molecule has 1 aliphatic rings. The van der Waals surface area contributed by atoms with Crippen molar-refractivity contribution in [3.8, 4) is 0 Å². The Hall–Kier alpha value is -1.47. The lowest BCUT2D eigenvalue weighted by atomic mass is 9.96. The van der Waals surface area contributed by atoms with Crippen molar-refractivity contribution in [1.29, 1.82) is 0 Å². The molecular weight excluding hydrogens is 256 g/mol. The molecule has 0 saturated carbocycles. The molecule has 112 valence electrons. The zero-order valence-corrected chi connectivity index (χ0v) is 12.3. The van der Waals surface area contributed by atoms with Crippen LogP contribution >= 0.6 is 0 Å². The van der Waals surface area contributed by atoms with E-state index in [0.29, 0.717) is 24.7 Å². The summed E-state index contributed by atoms with van der Waals surface area (Å²) in [6.45, 7) is 4.08. The fourth-order valence-corrected chi connectivity index (χ4v) is 2.55. The van der Waals surface area contributed by atoms with E-state index in [1.807, 2.05) is 7.05 Å². The van der Waals surface area contributed by atoms with Crippen LogP contribution < -0.4 is 5.73 Å². The number of nitrogens with zero attached hydrogens (tertiary/aromatic N) is 5. The lowest BCUT2D eigenvalue weighted by molar-refractivity contribution is 0.0741. The number of aromatic nitrogens is 3. The van der Waals surface area contributed by atoms with Crippen LogP contribution in [0, 0.1) is 5.92 Å². The van der Waals surface area contributed by atoms with Crippen molar-refractivity contribution in [3.63, 3.8) is 0 Å². The summed E-state index contributed by atoms with van der Waals surface area (Å²) in [6, 6.07) is 0. The Morgan fingerprint density at radius 2 is 2.20 bits per heavy atom. The van der Waals surface area contributed by atoms with Crippen LogP contribution in [-0.2, 0) is 6.54 Å². The molecule has 2 rings (SSSR count). The van der Waals surface area contributed by atoms with Crippen molar-refractivity contribution in [2.75, 3.05) is 40.3 Å². The molecule has 0 radical (unpaired) electrons. The predicted octanol–water partition coefficient (Wildman–Crippen LogP) is -0.349. The highest BCUT2D eigenvalue weighted by Gasteiger charge is 2.22. The van der Waals surface area contributed by atoms with Crippen LogP contribution in [0.2, 0.25) is 0 Å². The Morgan fingerprint density at radius 1 is 1.50 bits per heavy atom. The van der Waals surface area contributed by atoms with Gasteiger partial charge in [-0.2, -0.15) is 0 Å². The van der Waals surface area contributed by atoms with Gasteiger partial charge in [-0.15, -0.1) is 5.10 Å². The Balaban J connectivity index is 1.87. The first-order valence-corrected chi connectivity index (χ1v) is 7.14. The van der Waals surface area contributed by atoms with Crippen LogP contribution in [0.15, 0.2) is 6.20 Å². The normalized spacial score (nSPS) is 17.4. The maximum absolute atomic E-state index is 12.3. The molecule has 1 amide bonds. The highest BCUT2D eigenvalue weighted by molar-refractivity contribution is 5.91. The Kier molecular flexibility index (Phi) is 5.08. The van der Waals surface area contributed by atoms with Gasteiger partial charge >= 0.3 is 0 Å². The molecule has 1 saturated heterocycles. The molecule has 0 aromatic carbocycles. The van der Waals surface area contributed by atoms with Gasteiger partial charge in [0.2, 0.25) is 0 Å². The fraction of sp³-hybridized carbons (Fsp3) is 0.769. The van der Waals surface area contributed by atoms with Crippen LogP contribution in [0.1, 0.15) is 23.3 Å². The van der Waals surface area contributed by atoms with Crippen molar-refractivity contribution in [1.82, 2.24) is 24.8 Å². The third-order valence-electron chi connectivity index (χ3n) is 3.83. The Bertz CT molecular complexity index is 438. The molecular formula is C13H24N6O. The molecule has 20 heavy (non-hydrogen) atoms. The highest BCUT2D eigenvalue weighted by atomic mass is 16.2. The molecule has 0 bridgehead atoms. The number of piperidine rings is 1. The maximum atomic E-state index is 12.3. The van der Waals surface area contributed by atoms with Gasteiger partial charge in [-0.3, -0.25) is 9.48 Å². The van der Waals surface area contributed by atoms with Crippen molar-refractivity contribution in [3.05, 3.63) is 11.9 Å². The quantitative estimate of drug-likeness (QED) is 0.797. The second-order valence-electron chi connectivity index (χ2n) is 5.59. The van der Waals surface area contributed by atoms with Gasteiger partial charge in [-0.25, -0.2) is 0 Å². The van der Waals surface area contributed by atoms with Crippen LogP contribution in [0.25, 0.3) is 0 Å². The predicted molar refractivity (Wildman–Crippen MR) is 76.3 cm³/mol. The monoisotopic (exact) mass is 280 g/mol. The van der Waals surface area contributed by atoms with Crippen molar-refractivity contribution in [2.45, 2.75) is 19.4 Å². The average Bonchev–Trinajstić information content (AvgIpc) is 2.89. The number of likely N-dealkylation sites (tertiary alicyclic amines) is 1. The second-order valence-corrected chi connectivity index (χ2v) is 5.59. The standard InChI is InChI=1S/C13H24N6O/c1-17-6-3-11(4-7-17)9-18(2)13(20)12-10-19(8-5-14)16-15-12/h10-11H,3-9,14H2,1-2H3. The van der Waals surface area contributed by atoms with Crippen molar-refractivity contribution >= 4 is 5.91 Å². The van der Waals surface area contributed by atoms with Gasteiger partial charge in [0, 0.05) is 20.1 Å². The van der Waals surface area contributed by atoms with Gasteiger partial charge in [0.15, 0.2) is 5.69 Å². The minimum atomic E-state index is -0.0628. The number of rotatable bonds is 5. The van der Waals surface area contributed by atoms with E-state index in [1.165, 1.54) is 0 Å². The summed E-state index contributed by atoms with van der Waals surface area (Å²) in [5.74, 6) is 0.520. The zero-order valence-electron chi connectivity index (χ0n) is 12.3. The topological polar surface area (TPSA) is 80.3 Å². The third kappa shape index (κ3) is 3.77. The van der Waals surface area contributed by atoms with Gasteiger partial charge in [0.05, 0.1) is 12.7 Å². The summed E-state index contributed by atoms with van der Waals surface area (Å²) < 4.78 is 1.61. The first-order chi connectivity index (χ1) is 9.60.